The standard InChI is InChI=1S/C32H29N3O3/c1-21-10-12-22(13-11-21)27-6-2-3-7-28(27)31(37)33-24-16-14-23(15-17-24)32(38)35-19-25-18-26(36)20-34(25)29-8-4-5-9-30(29)35/h2-17,25-26,36H,18-20H2,1H3,(H,33,37)/t25-,26?/m0/s1. The van der Waals surface area contributed by atoms with Gasteiger partial charge < -0.3 is 20.2 Å². The van der Waals surface area contributed by atoms with Gasteiger partial charge in [0, 0.05) is 35.9 Å². The molecule has 2 heterocycles. The second-order valence-corrected chi connectivity index (χ2v) is 10.0. The lowest BCUT2D eigenvalue weighted by molar-refractivity contribution is 0.0982. The number of rotatable bonds is 4. The number of aliphatic hydroxyl groups excluding tert-OH is 1. The minimum atomic E-state index is -0.387. The summed E-state index contributed by atoms with van der Waals surface area (Å²) in [6, 6.07) is 30.6. The zero-order valence-electron chi connectivity index (χ0n) is 21.2. The number of hydrogen-bond donors (Lipinski definition) is 2. The van der Waals surface area contributed by atoms with Crippen molar-refractivity contribution in [3.05, 3.63) is 114 Å². The molecule has 38 heavy (non-hydrogen) atoms. The first-order chi connectivity index (χ1) is 18.5. The molecule has 0 aliphatic carbocycles. The molecule has 2 amide bonds. The molecule has 190 valence electrons. The van der Waals surface area contributed by atoms with E-state index in [1.165, 1.54) is 0 Å². The summed E-state index contributed by atoms with van der Waals surface area (Å²) in [6.45, 7) is 3.15. The summed E-state index contributed by atoms with van der Waals surface area (Å²) in [5, 5.41) is 13.2. The predicted octanol–water partition coefficient (Wildman–Crippen LogP) is 5.51. The molecule has 1 unspecified atom stereocenters. The number of fused-ring (bicyclic) bond motifs is 3. The van der Waals surface area contributed by atoms with Crippen molar-refractivity contribution in [2.75, 3.05) is 28.2 Å². The number of amides is 2. The Morgan fingerprint density at radius 2 is 1.50 bits per heavy atom. The Kier molecular flexibility index (Phi) is 6.18. The summed E-state index contributed by atoms with van der Waals surface area (Å²) in [6.07, 6.45) is 0.259. The van der Waals surface area contributed by atoms with Crippen LogP contribution >= 0.6 is 0 Å². The summed E-state index contributed by atoms with van der Waals surface area (Å²) >= 11 is 0. The van der Waals surface area contributed by atoms with Gasteiger partial charge in [-0.3, -0.25) is 9.59 Å². The lowest BCUT2D eigenvalue weighted by atomic mass is 9.98. The number of aryl methyl sites for hydroxylation is 1. The van der Waals surface area contributed by atoms with Gasteiger partial charge in [-0.15, -0.1) is 0 Å². The molecular formula is C32H29N3O3. The summed E-state index contributed by atoms with van der Waals surface area (Å²) in [7, 11) is 0. The number of nitrogens with zero attached hydrogens (tertiary/aromatic N) is 2. The zero-order valence-corrected chi connectivity index (χ0v) is 21.2. The van der Waals surface area contributed by atoms with Crippen molar-refractivity contribution in [2.24, 2.45) is 0 Å². The van der Waals surface area contributed by atoms with E-state index < -0.39 is 0 Å². The molecular weight excluding hydrogens is 474 g/mol. The number of benzene rings is 4. The predicted molar refractivity (Wildman–Crippen MR) is 151 cm³/mol. The molecule has 2 aliphatic heterocycles. The van der Waals surface area contributed by atoms with Gasteiger partial charge >= 0.3 is 0 Å². The van der Waals surface area contributed by atoms with E-state index in [1.54, 1.807) is 29.2 Å². The quantitative estimate of drug-likeness (QED) is 0.385. The maximum Gasteiger partial charge on any atom is 0.258 e. The third-order valence-corrected chi connectivity index (χ3v) is 7.44. The molecule has 0 bridgehead atoms. The fraction of sp³-hybridized carbons (Fsp3) is 0.188. The van der Waals surface area contributed by atoms with E-state index in [9.17, 15) is 14.7 Å². The van der Waals surface area contributed by atoms with Gasteiger partial charge in [0.1, 0.15) is 0 Å². The van der Waals surface area contributed by atoms with Crippen molar-refractivity contribution in [1.82, 2.24) is 0 Å². The fourth-order valence-corrected chi connectivity index (χ4v) is 5.51. The van der Waals surface area contributed by atoms with Crippen molar-refractivity contribution in [2.45, 2.75) is 25.5 Å². The number of carbonyl (C=O) groups is 2. The van der Waals surface area contributed by atoms with Crippen molar-refractivity contribution in [3.63, 3.8) is 0 Å². The van der Waals surface area contributed by atoms with E-state index in [1.807, 2.05) is 79.7 Å². The van der Waals surface area contributed by atoms with Crippen molar-refractivity contribution in [3.8, 4) is 11.1 Å². The normalized spacial score (nSPS) is 18.1. The first-order valence-corrected chi connectivity index (χ1v) is 12.9. The third-order valence-electron chi connectivity index (χ3n) is 7.44. The summed E-state index contributed by atoms with van der Waals surface area (Å²) < 4.78 is 0. The van der Waals surface area contributed by atoms with Crippen molar-refractivity contribution < 1.29 is 14.7 Å². The van der Waals surface area contributed by atoms with Gasteiger partial charge in [0.15, 0.2) is 0 Å². The summed E-state index contributed by atoms with van der Waals surface area (Å²) in [4.78, 5) is 30.8. The zero-order chi connectivity index (χ0) is 26.2. The Hall–Kier alpha value is -4.42. The Bertz CT molecular complexity index is 1500. The highest BCUT2D eigenvalue weighted by Crippen LogP contribution is 2.40. The van der Waals surface area contributed by atoms with Gasteiger partial charge in [-0.25, -0.2) is 0 Å². The fourth-order valence-electron chi connectivity index (χ4n) is 5.51. The average Bonchev–Trinajstić information content (AvgIpc) is 3.33. The molecule has 6 nitrogen and oxygen atoms in total. The van der Waals surface area contributed by atoms with Crippen molar-refractivity contribution in [1.29, 1.82) is 0 Å². The van der Waals surface area contributed by atoms with Crippen LogP contribution in [0.2, 0.25) is 0 Å². The van der Waals surface area contributed by atoms with Gasteiger partial charge in [-0.05, 0) is 66.9 Å². The van der Waals surface area contributed by atoms with Crippen LogP contribution in [0.3, 0.4) is 0 Å². The van der Waals surface area contributed by atoms with E-state index in [0.29, 0.717) is 36.3 Å². The average molecular weight is 504 g/mol. The van der Waals surface area contributed by atoms with Crippen LogP contribution in [0.4, 0.5) is 17.1 Å². The second kappa shape index (κ2) is 9.80. The van der Waals surface area contributed by atoms with Crippen LogP contribution < -0.4 is 15.1 Å². The van der Waals surface area contributed by atoms with Gasteiger partial charge in [0.25, 0.3) is 11.8 Å². The van der Waals surface area contributed by atoms with Gasteiger partial charge in [-0.1, -0.05) is 60.2 Å². The molecule has 2 atom stereocenters. The van der Waals surface area contributed by atoms with Crippen LogP contribution in [0.15, 0.2) is 97.1 Å². The van der Waals surface area contributed by atoms with Gasteiger partial charge in [0.05, 0.1) is 17.5 Å². The molecule has 4 aromatic rings. The first-order valence-electron chi connectivity index (χ1n) is 12.9. The first kappa shape index (κ1) is 23.9. The number of aliphatic hydroxyl groups is 1. The highest BCUT2D eigenvalue weighted by Gasteiger charge is 2.39. The molecule has 1 saturated heterocycles. The number of carbonyl (C=O) groups excluding carboxylic acids is 2. The van der Waals surface area contributed by atoms with Crippen LogP contribution in [-0.2, 0) is 0 Å². The molecule has 0 spiro atoms. The molecule has 2 N–H and O–H groups in total. The Labute approximate surface area is 222 Å². The minimum absolute atomic E-state index is 0.0935. The molecule has 0 saturated carbocycles. The van der Waals surface area contributed by atoms with Crippen molar-refractivity contribution >= 4 is 28.9 Å². The van der Waals surface area contributed by atoms with E-state index in [-0.39, 0.29) is 24.0 Å². The van der Waals surface area contributed by atoms with Crippen LogP contribution in [0.5, 0.6) is 0 Å². The lowest BCUT2D eigenvalue weighted by Gasteiger charge is -2.40. The maximum absolute atomic E-state index is 13.6. The largest absolute Gasteiger partial charge is 0.391 e. The molecule has 1 fully saturated rings. The summed E-state index contributed by atoms with van der Waals surface area (Å²) in [5.41, 5.74) is 6.60. The number of para-hydroxylation sites is 2. The number of hydrogen-bond acceptors (Lipinski definition) is 4. The monoisotopic (exact) mass is 503 g/mol. The van der Waals surface area contributed by atoms with Gasteiger partial charge in [0.2, 0.25) is 0 Å². The third kappa shape index (κ3) is 4.44. The molecule has 0 aromatic heterocycles. The summed E-state index contributed by atoms with van der Waals surface area (Å²) in [5.74, 6) is -0.300. The van der Waals surface area contributed by atoms with Gasteiger partial charge in [-0.2, -0.15) is 0 Å². The SMILES string of the molecule is Cc1ccc(-c2ccccc2C(=O)Nc2ccc(C(=O)N3C[C@@H]4CC(O)CN4c4ccccc43)cc2)cc1. The van der Waals surface area contributed by atoms with Crippen LogP contribution in [0.1, 0.15) is 32.7 Å². The van der Waals surface area contributed by atoms with E-state index in [2.05, 4.69) is 10.2 Å². The second-order valence-electron chi connectivity index (χ2n) is 10.0. The molecule has 4 aromatic carbocycles. The Morgan fingerprint density at radius 3 is 2.26 bits per heavy atom. The smallest absolute Gasteiger partial charge is 0.258 e. The Balaban J connectivity index is 1.21. The number of anilines is 3. The minimum Gasteiger partial charge on any atom is -0.391 e. The lowest BCUT2D eigenvalue weighted by Crippen LogP contribution is -2.48. The highest BCUT2D eigenvalue weighted by molar-refractivity contribution is 6.10. The topological polar surface area (TPSA) is 72.9 Å². The Morgan fingerprint density at radius 1 is 0.816 bits per heavy atom. The van der Waals surface area contributed by atoms with E-state index >= 15 is 0 Å². The van der Waals surface area contributed by atoms with Crippen LogP contribution in [-0.4, -0.2) is 42.2 Å². The molecule has 6 rings (SSSR count). The number of nitrogens with one attached hydrogen (secondary N) is 1. The van der Waals surface area contributed by atoms with E-state index in [4.69, 9.17) is 0 Å². The molecule has 2 aliphatic rings. The van der Waals surface area contributed by atoms with E-state index in [0.717, 1.165) is 28.1 Å². The molecule has 6 heteroatoms. The molecule has 0 radical (unpaired) electrons. The van der Waals surface area contributed by atoms with Crippen LogP contribution in [0, 0.1) is 6.92 Å². The van der Waals surface area contributed by atoms with Crippen LogP contribution in [0.25, 0.3) is 11.1 Å². The maximum atomic E-state index is 13.6. The highest BCUT2D eigenvalue weighted by atomic mass is 16.3.